The second kappa shape index (κ2) is 8.28. The zero-order valence-electron chi connectivity index (χ0n) is 16.3. The first kappa shape index (κ1) is 20.1. The molecule has 1 unspecified atom stereocenters. The third kappa shape index (κ3) is 5.05. The summed E-state index contributed by atoms with van der Waals surface area (Å²) >= 11 is 1.58. The van der Waals surface area contributed by atoms with Crippen LogP contribution in [0.3, 0.4) is 0 Å². The predicted octanol–water partition coefficient (Wildman–Crippen LogP) is 3.22. The fourth-order valence-electron chi connectivity index (χ4n) is 3.63. The number of hydrogen-bond acceptors (Lipinski definition) is 6. The van der Waals surface area contributed by atoms with Crippen LogP contribution in [0.15, 0.2) is 35.7 Å². The van der Waals surface area contributed by atoms with Crippen LogP contribution >= 0.6 is 11.3 Å². The molecule has 0 N–H and O–H groups in total. The highest BCUT2D eigenvalue weighted by atomic mass is 32.2. The summed E-state index contributed by atoms with van der Waals surface area (Å²) in [5.41, 5.74) is 1.69. The summed E-state index contributed by atoms with van der Waals surface area (Å²) in [6.07, 6.45) is 5.72. The molecule has 2 heterocycles. The molecule has 0 bridgehead atoms. The maximum atomic E-state index is 12.9. The minimum atomic E-state index is -3.03. The Balaban J connectivity index is 1.45. The van der Waals surface area contributed by atoms with E-state index < -0.39 is 9.84 Å². The van der Waals surface area contributed by atoms with Crippen molar-refractivity contribution in [2.45, 2.75) is 44.9 Å². The molecular formula is C21H24N2O4S2. The lowest BCUT2D eigenvalue weighted by atomic mass is 10.1. The van der Waals surface area contributed by atoms with Crippen LogP contribution < -0.4 is 4.74 Å². The van der Waals surface area contributed by atoms with E-state index in [1.807, 2.05) is 36.6 Å². The molecule has 2 aliphatic rings. The van der Waals surface area contributed by atoms with E-state index in [9.17, 15) is 13.2 Å². The van der Waals surface area contributed by atoms with Crippen LogP contribution in [0.2, 0.25) is 0 Å². The molecule has 0 radical (unpaired) electrons. The number of para-hydroxylation sites is 1. The highest BCUT2D eigenvalue weighted by Gasteiger charge is 2.41. The van der Waals surface area contributed by atoms with Gasteiger partial charge < -0.3 is 9.64 Å². The lowest BCUT2D eigenvalue weighted by molar-refractivity contribution is -0.128. The van der Waals surface area contributed by atoms with Gasteiger partial charge in [0.25, 0.3) is 0 Å². The normalized spacial score (nSPS) is 20.8. The minimum Gasteiger partial charge on any atom is -0.487 e. The fraction of sp³-hybridized carbons (Fsp3) is 0.429. The van der Waals surface area contributed by atoms with Gasteiger partial charge in [0.15, 0.2) is 9.84 Å². The number of carbonyl (C=O) groups excluding carboxylic acids is 1. The number of rotatable bonds is 7. The molecule has 8 heteroatoms. The Labute approximate surface area is 175 Å². The first-order chi connectivity index (χ1) is 13.9. The highest BCUT2D eigenvalue weighted by molar-refractivity contribution is 7.91. The predicted molar refractivity (Wildman–Crippen MR) is 114 cm³/mol. The Kier molecular flexibility index (Phi) is 5.74. The van der Waals surface area contributed by atoms with Gasteiger partial charge in [0, 0.05) is 29.1 Å². The largest absolute Gasteiger partial charge is 0.487 e. The summed E-state index contributed by atoms with van der Waals surface area (Å²) in [4.78, 5) is 19.1. The van der Waals surface area contributed by atoms with Crippen molar-refractivity contribution in [1.82, 2.24) is 9.88 Å². The van der Waals surface area contributed by atoms with E-state index in [1.165, 1.54) is 0 Å². The molecule has 1 saturated heterocycles. The monoisotopic (exact) mass is 432 g/mol. The van der Waals surface area contributed by atoms with Gasteiger partial charge in [-0.15, -0.1) is 11.3 Å². The van der Waals surface area contributed by atoms with Gasteiger partial charge in [0.2, 0.25) is 5.91 Å². The van der Waals surface area contributed by atoms with Gasteiger partial charge in [0.1, 0.15) is 12.4 Å². The van der Waals surface area contributed by atoms with Gasteiger partial charge in [-0.25, -0.2) is 13.4 Å². The summed E-state index contributed by atoms with van der Waals surface area (Å²) in [6, 6.07) is 7.51. The van der Waals surface area contributed by atoms with E-state index in [4.69, 9.17) is 4.74 Å². The SMILES string of the molecule is Cc1nc(COc2ccccc2C=CC(=O)N(C2CC2)C2CCS(=O)(=O)C2)cs1. The molecule has 1 atom stereocenters. The van der Waals surface area contributed by atoms with Crippen molar-refractivity contribution in [3.8, 4) is 5.75 Å². The number of aryl methyl sites for hydroxylation is 1. The third-order valence-corrected chi connectivity index (χ3v) is 7.74. The molecule has 1 aromatic heterocycles. The Morgan fingerprint density at radius 1 is 1.28 bits per heavy atom. The van der Waals surface area contributed by atoms with Gasteiger partial charge in [-0.2, -0.15) is 0 Å². The molecule has 6 nitrogen and oxygen atoms in total. The molecule has 1 aliphatic carbocycles. The fourth-order valence-corrected chi connectivity index (χ4v) is 5.94. The van der Waals surface area contributed by atoms with Crippen molar-refractivity contribution in [3.63, 3.8) is 0 Å². The van der Waals surface area contributed by atoms with Crippen molar-refractivity contribution in [3.05, 3.63) is 52.0 Å². The maximum absolute atomic E-state index is 12.9. The number of sulfone groups is 1. The van der Waals surface area contributed by atoms with Gasteiger partial charge in [-0.3, -0.25) is 4.79 Å². The Hall–Kier alpha value is -2.19. The topological polar surface area (TPSA) is 76.6 Å². The van der Waals surface area contributed by atoms with Crippen molar-refractivity contribution in [1.29, 1.82) is 0 Å². The number of hydrogen-bond donors (Lipinski definition) is 0. The first-order valence-corrected chi connectivity index (χ1v) is 12.4. The molecule has 1 amide bonds. The molecule has 1 saturated carbocycles. The van der Waals surface area contributed by atoms with Crippen LogP contribution in [0, 0.1) is 6.92 Å². The first-order valence-electron chi connectivity index (χ1n) is 9.75. The highest BCUT2D eigenvalue weighted by Crippen LogP contribution is 2.32. The lowest BCUT2D eigenvalue weighted by Gasteiger charge is -2.27. The summed E-state index contributed by atoms with van der Waals surface area (Å²) in [5.74, 6) is 0.809. The molecule has 4 rings (SSSR count). The molecule has 1 aliphatic heterocycles. The molecular weight excluding hydrogens is 408 g/mol. The van der Waals surface area contributed by atoms with Crippen LogP contribution in [0.25, 0.3) is 6.08 Å². The smallest absolute Gasteiger partial charge is 0.247 e. The Morgan fingerprint density at radius 2 is 2.07 bits per heavy atom. The van der Waals surface area contributed by atoms with E-state index in [0.29, 0.717) is 18.8 Å². The quantitative estimate of drug-likeness (QED) is 0.628. The van der Waals surface area contributed by atoms with E-state index in [-0.39, 0.29) is 29.5 Å². The second-order valence-corrected chi connectivity index (χ2v) is 10.8. The summed E-state index contributed by atoms with van der Waals surface area (Å²) in [5, 5.41) is 2.97. The second-order valence-electron chi connectivity index (χ2n) is 7.55. The van der Waals surface area contributed by atoms with E-state index >= 15 is 0 Å². The van der Waals surface area contributed by atoms with Gasteiger partial charge >= 0.3 is 0 Å². The molecule has 154 valence electrons. The number of carbonyl (C=O) groups is 1. The molecule has 0 spiro atoms. The summed E-state index contributed by atoms with van der Waals surface area (Å²) < 4.78 is 29.6. The molecule has 2 fully saturated rings. The summed E-state index contributed by atoms with van der Waals surface area (Å²) in [6.45, 7) is 2.33. The summed E-state index contributed by atoms with van der Waals surface area (Å²) in [7, 11) is -3.03. The Bertz CT molecular complexity index is 1020. The zero-order chi connectivity index (χ0) is 20.4. The number of aromatic nitrogens is 1. The number of thiazole rings is 1. The average molecular weight is 433 g/mol. The van der Waals surface area contributed by atoms with Crippen LogP contribution in [0.4, 0.5) is 0 Å². The number of benzene rings is 1. The maximum Gasteiger partial charge on any atom is 0.247 e. The minimum absolute atomic E-state index is 0.0792. The van der Waals surface area contributed by atoms with Crippen LogP contribution in [0.5, 0.6) is 5.75 Å². The van der Waals surface area contributed by atoms with E-state index in [1.54, 1.807) is 28.4 Å². The molecule has 29 heavy (non-hydrogen) atoms. The molecule has 1 aromatic carbocycles. The zero-order valence-corrected chi connectivity index (χ0v) is 17.9. The average Bonchev–Trinajstić information content (AvgIpc) is 3.33. The number of nitrogens with zero attached hydrogens (tertiary/aromatic N) is 2. The number of ether oxygens (including phenoxy) is 1. The third-order valence-electron chi connectivity index (χ3n) is 5.16. The van der Waals surface area contributed by atoms with Crippen LogP contribution in [-0.2, 0) is 21.2 Å². The van der Waals surface area contributed by atoms with E-state index in [0.717, 1.165) is 29.1 Å². The van der Waals surface area contributed by atoms with Crippen LogP contribution in [-0.4, -0.2) is 47.8 Å². The van der Waals surface area contributed by atoms with Gasteiger partial charge in [-0.05, 0) is 38.3 Å². The van der Waals surface area contributed by atoms with Gasteiger partial charge in [0.05, 0.1) is 22.2 Å². The van der Waals surface area contributed by atoms with E-state index in [2.05, 4.69) is 4.98 Å². The van der Waals surface area contributed by atoms with Crippen LogP contribution in [0.1, 0.15) is 35.5 Å². The standard InChI is InChI=1S/C21H24N2O4S2/c1-15-22-17(13-28-15)12-27-20-5-3-2-4-16(20)6-9-21(24)23(18-7-8-18)19-10-11-29(25,26)14-19/h2-6,9,13,18-19H,7-8,10-12,14H2,1H3. The molecule has 2 aromatic rings. The van der Waals surface area contributed by atoms with Crippen molar-refractivity contribution < 1.29 is 17.9 Å². The van der Waals surface area contributed by atoms with Crippen molar-refractivity contribution in [2.24, 2.45) is 0 Å². The number of amides is 1. The lowest BCUT2D eigenvalue weighted by Crippen LogP contribution is -2.41. The van der Waals surface area contributed by atoms with Crippen molar-refractivity contribution in [2.75, 3.05) is 11.5 Å². The van der Waals surface area contributed by atoms with Crippen molar-refractivity contribution >= 4 is 33.2 Å². The Morgan fingerprint density at radius 3 is 2.72 bits per heavy atom. The van der Waals surface area contributed by atoms with Gasteiger partial charge in [-0.1, -0.05) is 18.2 Å².